The zero-order chi connectivity index (χ0) is 21.0. The third-order valence-electron chi connectivity index (χ3n) is 4.20. The third kappa shape index (κ3) is 4.55. The van der Waals surface area contributed by atoms with E-state index in [1.807, 2.05) is 6.92 Å². The molecule has 0 radical (unpaired) electrons. The minimum absolute atomic E-state index is 0.00739. The standard InChI is InChI=1S/C21H18N2O6/c1-3-6-19(24)28-15-8-4-7-14(11-15)12-17-21(25)29-20(22-17)16-9-5-10-18(13(16)2)23(26)27/h4-5,7-12H,3,6H2,1-2H3/b17-12-. The molecule has 1 aliphatic heterocycles. The molecule has 29 heavy (non-hydrogen) atoms. The highest BCUT2D eigenvalue weighted by Crippen LogP contribution is 2.26. The van der Waals surface area contributed by atoms with Gasteiger partial charge in [-0.15, -0.1) is 0 Å². The van der Waals surface area contributed by atoms with Crippen LogP contribution in [0.5, 0.6) is 5.75 Å². The maximum Gasteiger partial charge on any atom is 0.363 e. The minimum atomic E-state index is -0.667. The zero-order valence-electron chi connectivity index (χ0n) is 15.9. The molecule has 0 saturated heterocycles. The molecule has 8 nitrogen and oxygen atoms in total. The van der Waals surface area contributed by atoms with Gasteiger partial charge in [-0.25, -0.2) is 9.79 Å². The van der Waals surface area contributed by atoms with Crippen molar-refractivity contribution in [2.45, 2.75) is 26.7 Å². The zero-order valence-corrected chi connectivity index (χ0v) is 15.9. The number of benzene rings is 2. The van der Waals surface area contributed by atoms with Crippen LogP contribution in [0.25, 0.3) is 6.08 Å². The lowest BCUT2D eigenvalue weighted by Crippen LogP contribution is -2.08. The number of esters is 2. The molecule has 0 aromatic heterocycles. The van der Waals surface area contributed by atoms with Gasteiger partial charge in [0.15, 0.2) is 5.70 Å². The largest absolute Gasteiger partial charge is 0.427 e. The Bertz CT molecular complexity index is 1050. The van der Waals surface area contributed by atoms with E-state index in [0.29, 0.717) is 35.3 Å². The van der Waals surface area contributed by atoms with Crippen molar-refractivity contribution in [2.24, 2.45) is 4.99 Å². The predicted molar refractivity (Wildman–Crippen MR) is 105 cm³/mol. The molecular formula is C21H18N2O6. The number of cyclic esters (lactones) is 1. The maximum absolute atomic E-state index is 12.2. The molecule has 3 rings (SSSR count). The Kier molecular flexibility index (Phi) is 5.82. The fraction of sp³-hybridized carbons (Fsp3) is 0.190. The van der Waals surface area contributed by atoms with E-state index in [-0.39, 0.29) is 23.3 Å². The molecule has 0 N–H and O–H groups in total. The number of ether oxygens (including phenoxy) is 2. The Hall–Kier alpha value is -3.81. The topological polar surface area (TPSA) is 108 Å². The summed E-state index contributed by atoms with van der Waals surface area (Å²) in [5.41, 5.74) is 1.29. The Labute approximate surface area is 166 Å². The first kappa shape index (κ1) is 19.9. The molecule has 1 heterocycles. The van der Waals surface area contributed by atoms with E-state index in [0.717, 1.165) is 0 Å². The van der Waals surface area contributed by atoms with Crippen LogP contribution in [0.3, 0.4) is 0 Å². The van der Waals surface area contributed by atoms with Crippen LogP contribution in [0, 0.1) is 17.0 Å². The predicted octanol–water partition coefficient (Wildman–Crippen LogP) is 3.95. The van der Waals surface area contributed by atoms with Crippen molar-refractivity contribution in [3.8, 4) is 5.75 Å². The summed E-state index contributed by atoms with van der Waals surface area (Å²) in [6.07, 6.45) is 2.50. The number of nitro benzene ring substituents is 1. The highest BCUT2D eigenvalue weighted by molar-refractivity contribution is 6.13. The molecule has 1 aliphatic rings. The number of nitrogens with zero attached hydrogens (tertiary/aromatic N) is 2. The summed E-state index contributed by atoms with van der Waals surface area (Å²) in [4.78, 5) is 38.7. The van der Waals surface area contributed by atoms with Crippen molar-refractivity contribution < 1.29 is 24.0 Å². The molecule has 8 heteroatoms. The number of carbonyl (C=O) groups excluding carboxylic acids is 2. The van der Waals surface area contributed by atoms with Crippen LogP contribution in [0.1, 0.15) is 36.5 Å². The molecule has 0 fully saturated rings. The first-order chi connectivity index (χ1) is 13.9. The molecule has 0 bridgehead atoms. The number of hydrogen-bond acceptors (Lipinski definition) is 7. The number of aliphatic imine (C=N–C) groups is 1. The molecule has 2 aromatic rings. The summed E-state index contributed by atoms with van der Waals surface area (Å²) in [6.45, 7) is 3.45. The molecule has 0 atom stereocenters. The molecule has 2 aromatic carbocycles. The lowest BCUT2D eigenvalue weighted by molar-refractivity contribution is -0.385. The normalized spacial score (nSPS) is 14.5. The van der Waals surface area contributed by atoms with Crippen molar-refractivity contribution in [1.82, 2.24) is 0 Å². The average molecular weight is 394 g/mol. The van der Waals surface area contributed by atoms with Crippen molar-refractivity contribution in [3.05, 3.63) is 75.0 Å². The summed E-state index contributed by atoms with van der Waals surface area (Å²) in [5.74, 6) is -0.630. The summed E-state index contributed by atoms with van der Waals surface area (Å²) < 4.78 is 10.5. The van der Waals surface area contributed by atoms with Crippen LogP contribution in [0.4, 0.5) is 5.69 Å². The van der Waals surface area contributed by atoms with Gasteiger partial charge in [-0.05, 0) is 43.2 Å². The van der Waals surface area contributed by atoms with E-state index in [4.69, 9.17) is 9.47 Å². The van der Waals surface area contributed by atoms with Gasteiger partial charge < -0.3 is 9.47 Å². The van der Waals surface area contributed by atoms with Crippen LogP contribution < -0.4 is 4.74 Å². The quantitative estimate of drug-likeness (QED) is 0.241. The molecule has 0 aliphatic carbocycles. The van der Waals surface area contributed by atoms with E-state index < -0.39 is 10.9 Å². The van der Waals surface area contributed by atoms with E-state index in [1.165, 1.54) is 18.2 Å². The fourth-order valence-corrected chi connectivity index (χ4v) is 2.79. The Morgan fingerprint density at radius 2 is 2.03 bits per heavy atom. The van der Waals surface area contributed by atoms with E-state index >= 15 is 0 Å². The van der Waals surface area contributed by atoms with Crippen molar-refractivity contribution in [2.75, 3.05) is 0 Å². The SMILES string of the molecule is CCCC(=O)Oc1cccc(/C=C2\N=C(c3cccc([N+](=O)[O-])c3C)OC2=O)c1. The van der Waals surface area contributed by atoms with Gasteiger partial charge in [0.1, 0.15) is 5.75 Å². The van der Waals surface area contributed by atoms with E-state index in [1.54, 1.807) is 37.3 Å². The van der Waals surface area contributed by atoms with Crippen LogP contribution in [0.2, 0.25) is 0 Å². The molecule has 0 spiro atoms. The van der Waals surface area contributed by atoms with Gasteiger partial charge in [0.2, 0.25) is 5.90 Å². The number of hydrogen-bond donors (Lipinski definition) is 0. The minimum Gasteiger partial charge on any atom is -0.427 e. The Morgan fingerprint density at radius 3 is 2.76 bits per heavy atom. The fourth-order valence-electron chi connectivity index (χ4n) is 2.79. The van der Waals surface area contributed by atoms with Gasteiger partial charge >= 0.3 is 11.9 Å². The van der Waals surface area contributed by atoms with E-state index in [2.05, 4.69) is 4.99 Å². The summed E-state index contributed by atoms with van der Waals surface area (Å²) >= 11 is 0. The summed E-state index contributed by atoms with van der Waals surface area (Å²) in [5, 5.41) is 11.1. The highest BCUT2D eigenvalue weighted by Gasteiger charge is 2.27. The van der Waals surface area contributed by atoms with Gasteiger partial charge in [0.05, 0.1) is 4.92 Å². The van der Waals surface area contributed by atoms with Gasteiger partial charge in [-0.2, -0.15) is 0 Å². The third-order valence-corrected chi connectivity index (χ3v) is 4.20. The van der Waals surface area contributed by atoms with E-state index in [9.17, 15) is 19.7 Å². The molecule has 0 unspecified atom stereocenters. The number of rotatable bonds is 6. The first-order valence-corrected chi connectivity index (χ1v) is 8.96. The second kappa shape index (κ2) is 8.47. The van der Waals surface area contributed by atoms with Crippen LogP contribution in [-0.2, 0) is 14.3 Å². The smallest absolute Gasteiger partial charge is 0.363 e. The monoisotopic (exact) mass is 394 g/mol. The Balaban J connectivity index is 1.89. The van der Waals surface area contributed by atoms with Crippen molar-refractivity contribution >= 4 is 29.6 Å². The van der Waals surface area contributed by atoms with Crippen molar-refractivity contribution in [3.63, 3.8) is 0 Å². The molecular weight excluding hydrogens is 376 g/mol. The van der Waals surface area contributed by atoms with Gasteiger partial charge in [0, 0.05) is 23.6 Å². The van der Waals surface area contributed by atoms with Gasteiger partial charge in [-0.3, -0.25) is 14.9 Å². The van der Waals surface area contributed by atoms with Gasteiger partial charge in [-0.1, -0.05) is 25.1 Å². The van der Waals surface area contributed by atoms with Gasteiger partial charge in [0.25, 0.3) is 5.69 Å². The molecule has 0 amide bonds. The lowest BCUT2D eigenvalue weighted by Gasteiger charge is -2.04. The second-order valence-corrected chi connectivity index (χ2v) is 6.34. The van der Waals surface area contributed by atoms with Crippen LogP contribution in [0.15, 0.2) is 53.2 Å². The first-order valence-electron chi connectivity index (χ1n) is 8.96. The van der Waals surface area contributed by atoms with Crippen molar-refractivity contribution in [1.29, 1.82) is 0 Å². The van der Waals surface area contributed by atoms with Crippen LogP contribution >= 0.6 is 0 Å². The Morgan fingerprint density at radius 1 is 1.28 bits per heavy atom. The summed E-state index contributed by atoms with van der Waals surface area (Å²) in [6, 6.07) is 11.2. The maximum atomic E-state index is 12.2. The second-order valence-electron chi connectivity index (χ2n) is 6.34. The highest BCUT2D eigenvalue weighted by atomic mass is 16.6. The van der Waals surface area contributed by atoms with Crippen LogP contribution in [-0.4, -0.2) is 22.8 Å². The average Bonchev–Trinajstić information content (AvgIpc) is 3.02. The summed E-state index contributed by atoms with van der Waals surface area (Å²) in [7, 11) is 0. The molecule has 148 valence electrons. The molecule has 0 saturated carbocycles. The lowest BCUT2D eigenvalue weighted by atomic mass is 10.1. The number of nitro groups is 1. The number of carbonyl (C=O) groups is 2.